The van der Waals surface area contributed by atoms with Crippen LogP contribution >= 0.6 is 0 Å². The Morgan fingerprint density at radius 3 is 2.31 bits per heavy atom. The molecule has 6 nitrogen and oxygen atoms in total. The summed E-state index contributed by atoms with van der Waals surface area (Å²) in [5.74, 6) is 0.626. The summed E-state index contributed by atoms with van der Waals surface area (Å²) in [4.78, 5) is 9.79. The molecule has 7 heteroatoms. The minimum atomic E-state index is -4.00. The van der Waals surface area contributed by atoms with Crippen molar-refractivity contribution >= 4 is 16.1 Å². The summed E-state index contributed by atoms with van der Waals surface area (Å²) in [6.07, 6.45) is 0.988. The lowest BCUT2D eigenvalue weighted by molar-refractivity contribution is 0.354. The van der Waals surface area contributed by atoms with Crippen molar-refractivity contribution in [3.63, 3.8) is 0 Å². The Labute approximate surface area is 92.6 Å². The first-order chi connectivity index (χ1) is 7.55. The molecule has 0 bridgehead atoms. The van der Waals surface area contributed by atoms with E-state index in [0.29, 0.717) is 5.75 Å². The van der Waals surface area contributed by atoms with Crippen molar-refractivity contribution in [2.75, 3.05) is 14.2 Å². The number of nitrogens with zero attached hydrogens (tertiary/aromatic N) is 1. The highest BCUT2D eigenvalue weighted by Crippen LogP contribution is 2.29. The van der Waals surface area contributed by atoms with Crippen molar-refractivity contribution in [3.8, 4) is 11.5 Å². The standard InChI is InChI=1S/C9H9NO5S/c1-14-8-4-3-7(5-9(8)15-2)16(12,13)10-6-11/h3-5H,1-2H3. The lowest BCUT2D eigenvalue weighted by Crippen LogP contribution is -1.98. The van der Waals surface area contributed by atoms with E-state index in [1.165, 1.54) is 32.4 Å². The third-order valence-electron chi connectivity index (χ3n) is 1.81. The molecule has 0 spiro atoms. The Morgan fingerprint density at radius 1 is 1.19 bits per heavy atom. The van der Waals surface area contributed by atoms with Crippen LogP contribution in [0.5, 0.6) is 11.5 Å². The normalized spacial score (nSPS) is 10.4. The summed E-state index contributed by atoms with van der Waals surface area (Å²) in [5, 5.41) is 0. The molecule has 0 atom stereocenters. The quantitative estimate of drug-likeness (QED) is 0.575. The van der Waals surface area contributed by atoms with Gasteiger partial charge in [-0.2, -0.15) is 8.42 Å². The zero-order chi connectivity index (χ0) is 12.2. The molecule has 0 aliphatic carbocycles. The van der Waals surface area contributed by atoms with Crippen LogP contribution in [0, 0.1) is 0 Å². The maximum absolute atomic E-state index is 11.4. The number of methoxy groups -OCH3 is 2. The highest BCUT2D eigenvalue weighted by Gasteiger charge is 2.15. The molecule has 0 fully saturated rings. The van der Waals surface area contributed by atoms with Crippen LogP contribution in [0.1, 0.15) is 0 Å². The van der Waals surface area contributed by atoms with E-state index in [-0.39, 0.29) is 10.6 Å². The first-order valence-electron chi connectivity index (χ1n) is 4.11. The van der Waals surface area contributed by atoms with Crippen LogP contribution in [0.3, 0.4) is 0 Å². The van der Waals surface area contributed by atoms with E-state index in [0.717, 1.165) is 6.08 Å². The minimum Gasteiger partial charge on any atom is -0.493 e. The van der Waals surface area contributed by atoms with Crippen molar-refractivity contribution in [1.82, 2.24) is 0 Å². The van der Waals surface area contributed by atoms with Crippen molar-refractivity contribution in [2.24, 2.45) is 4.40 Å². The summed E-state index contributed by atoms with van der Waals surface area (Å²) in [5.41, 5.74) is 0. The summed E-state index contributed by atoms with van der Waals surface area (Å²) in [6, 6.07) is 3.89. The fourth-order valence-electron chi connectivity index (χ4n) is 1.08. The Balaban J connectivity index is 3.34. The molecular weight excluding hydrogens is 234 g/mol. The number of hydrogen-bond donors (Lipinski definition) is 0. The smallest absolute Gasteiger partial charge is 0.292 e. The molecule has 0 saturated heterocycles. The number of carbonyl (C=O) groups excluding carboxylic acids is 1. The molecule has 0 saturated carbocycles. The fraction of sp³-hybridized carbons (Fsp3) is 0.222. The van der Waals surface area contributed by atoms with Gasteiger partial charge in [0.2, 0.25) is 0 Å². The number of hydrogen-bond acceptors (Lipinski definition) is 5. The first-order valence-corrected chi connectivity index (χ1v) is 5.55. The molecule has 1 aromatic rings. The molecule has 0 radical (unpaired) electrons. The summed E-state index contributed by atoms with van der Waals surface area (Å²) >= 11 is 0. The highest BCUT2D eigenvalue weighted by molar-refractivity contribution is 7.90. The van der Waals surface area contributed by atoms with Gasteiger partial charge < -0.3 is 9.47 Å². The number of benzene rings is 1. The van der Waals surface area contributed by atoms with Gasteiger partial charge in [0.15, 0.2) is 11.5 Å². The van der Waals surface area contributed by atoms with E-state index in [1.54, 1.807) is 0 Å². The monoisotopic (exact) mass is 243 g/mol. The predicted octanol–water partition coefficient (Wildman–Crippen LogP) is 0.728. The summed E-state index contributed by atoms with van der Waals surface area (Å²) < 4.78 is 35.3. The van der Waals surface area contributed by atoms with E-state index >= 15 is 0 Å². The van der Waals surface area contributed by atoms with Crippen LogP contribution in [0.2, 0.25) is 0 Å². The van der Waals surface area contributed by atoms with Gasteiger partial charge in [-0.3, -0.25) is 0 Å². The summed E-state index contributed by atoms with van der Waals surface area (Å²) in [6.45, 7) is 0. The molecular formula is C9H9NO5S. The second-order valence-corrected chi connectivity index (χ2v) is 4.28. The van der Waals surface area contributed by atoms with Gasteiger partial charge in [-0.1, -0.05) is 4.40 Å². The van der Waals surface area contributed by atoms with Gasteiger partial charge in [-0.25, -0.2) is 4.79 Å². The molecule has 16 heavy (non-hydrogen) atoms. The van der Waals surface area contributed by atoms with Gasteiger partial charge in [-0.15, -0.1) is 0 Å². The maximum atomic E-state index is 11.4. The number of ether oxygens (including phenoxy) is 2. The molecule has 0 aliphatic heterocycles. The minimum absolute atomic E-state index is 0.159. The Bertz CT molecular complexity index is 531. The van der Waals surface area contributed by atoms with E-state index < -0.39 is 10.0 Å². The van der Waals surface area contributed by atoms with Crippen LogP contribution in [-0.2, 0) is 14.8 Å². The van der Waals surface area contributed by atoms with E-state index in [2.05, 4.69) is 4.40 Å². The van der Waals surface area contributed by atoms with Gasteiger partial charge in [0.25, 0.3) is 16.1 Å². The largest absolute Gasteiger partial charge is 0.493 e. The number of sulfonamides is 1. The predicted molar refractivity (Wildman–Crippen MR) is 54.9 cm³/mol. The molecule has 0 aliphatic rings. The van der Waals surface area contributed by atoms with Gasteiger partial charge in [-0.05, 0) is 12.1 Å². The molecule has 0 amide bonds. The van der Waals surface area contributed by atoms with E-state index in [9.17, 15) is 13.2 Å². The molecule has 1 aromatic carbocycles. The molecule has 0 unspecified atom stereocenters. The summed E-state index contributed by atoms with van der Waals surface area (Å²) in [7, 11) is -1.20. The fourth-order valence-corrected chi connectivity index (χ4v) is 1.78. The SMILES string of the molecule is COc1ccc(S(=O)(=O)N=C=O)cc1OC. The van der Waals surface area contributed by atoms with Crippen molar-refractivity contribution < 1.29 is 22.7 Å². The van der Waals surface area contributed by atoms with E-state index in [4.69, 9.17) is 9.47 Å². The van der Waals surface area contributed by atoms with Gasteiger partial charge in [0.1, 0.15) is 0 Å². The third kappa shape index (κ3) is 2.39. The van der Waals surface area contributed by atoms with Gasteiger partial charge in [0, 0.05) is 6.07 Å². The van der Waals surface area contributed by atoms with Crippen molar-refractivity contribution in [2.45, 2.75) is 4.90 Å². The molecule has 0 heterocycles. The maximum Gasteiger partial charge on any atom is 0.292 e. The lowest BCUT2D eigenvalue weighted by atomic mass is 10.3. The van der Waals surface area contributed by atoms with Crippen LogP contribution < -0.4 is 9.47 Å². The van der Waals surface area contributed by atoms with Gasteiger partial charge >= 0.3 is 0 Å². The molecule has 1 rings (SSSR count). The molecule has 0 aromatic heterocycles. The molecule has 86 valence electrons. The molecule has 0 N–H and O–H groups in total. The van der Waals surface area contributed by atoms with Crippen molar-refractivity contribution in [1.29, 1.82) is 0 Å². The second kappa shape index (κ2) is 4.78. The van der Waals surface area contributed by atoms with Crippen LogP contribution in [-0.4, -0.2) is 28.7 Å². The average Bonchev–Trinajstić information content (AvgIpc) is 2.28. The van der Waals surface area contributed by atoms with E-state index in [1.807, 2.05) is 0 Å². The Kier molecular flexibility index (Phi) is 3.65. The zero-order valence-electron chi connectivity index (χ0n) is 8.63. The highest BCUT2D eigenvalue weighted by atomic mass is 32.2. The second-order valence-electron chi connectivity index (χ2n) is 2.67. The topological polar surface area (TPSA) is 82.0 Å². The first kappa shape index (κ1) is 12.2. The van der Waals surface area contributed by atoms with Crippen LogP contribution in [0.25, 0.3) is 0 Å². The zero-order valence-corrected chi connectivity index (χ0v) is 9.45. The average molecular weight is 243 g/mol. The van der Waals surface area contributed by atoms with Crippen LogP contribution in [0.15, 0.2) is 27.5 Å². The van der Waals surface area contributed by atoms with Crippen molar-refractivity contribution in [3.05, 3.63) is 18.2 Å². The Hall–Kier alpha value is -1.85. The van der Waals surface area contributed by atoms with Crippen LogP contribution in [0.4, 0.5) is 0 Å². The third-order valence-corrected chi connectivity index (χ3v) is 2.97. The Morgan fingerprint density at radius 2 is 1.81 bits per heavy atom. The van der Waals surface area contributed by atoms with Gasteiger partial charge in [0.05, 0.1) is 19.1 Å². The number of rotatable bonds is 4. The lowest BCUT2D eigenvalue weighted by Gasteiger charge is -2.07. The number of isocyanates is 1.